The number of rotatable bonds is 8. The standard InChI is InChI=1S/C20H34N4O3.HI/c1-6-27-18-13-16(7-8-17(18)25-5)14-22-19(21-4)23-15-20(2,3)24-9-11-26-12-10-24;/h7-8,13H,6,9-12,14-15H2,1-5H3,(H2,21,22,23);1H. The number of guanidine groups is 1. The topological polar surface area (TPSA) is 67.4 Å². The summed E-state index contributed by atoms with van der Waals surface area (Å²) in [5.74, 6) is 2.29. The van der Waals surface area contributed by atoms with Gasteiger partial charge in [-0.1, -0.05) is 6.07 Å². The lowest BCUT2D eigenvalue weighted by Gasteiger charge is -2.41. The molecule has 0 aliphatic carbocycles. The zero-order chi connectivity index (χ0) is 19.7. The SMILES string of the molecule is CCOc1cc(CNC(=NC)NCC(C)(C)N2CCOCC2)ccc1OC.I. The van der Waals surface area contributed by atoms with E-state index in [2.05, 4.69) is 34.4 Å². The Labute approximate surface area is 186 Å². The van der Waals surface area contributed by atoms with Crippen LogP contribution in [0.25, 0.3) is 0 Å². The van der Waals surface area contributed by atoms with Gasteiger partial charge in [0.25, 0.3) is 0 Å². The van der Waals surface area contributed by atoms with Crippen molar-refractivity contribution in [3.63, 3.8) is 0 Å². The lowest BCUT2D eigenvalue weighted by Crippen LogP contribution is -2.56. The molecule has 0 saturated carbocycles. The van der Waals surface area contributed by atoms with Crippen LogP contribution in [0, 0.1) is 0 Å². The first-order chi connectivity index (χ1) is 13.0. The maximum atomic E-state index is 5.65. The average molecular weight is 506 g/mol. The molecule has 1 fully saturated rings. The van der Waals surface area contributed by atoms with Gasteiger partial charge >= 0.3 is 0 Å². The Morgan fingerprint density at radius 1 is 1.21 bits per heavy atom. The van der Waals surface area contributed by atoms with Crippen LogP contribution in [0.15, 0.2) is 23.2 Å². The van der Waals surface area contributed by atoms with E-state index in [1.54, 1.807) is 14.2 Å². The molecular weight excluding hydrogens is 471 g/mol. The Balaban J connectivity index is 0.00000392. The van der Waals surface area contributed by atoms with Crippen LogP contribution in [0.4, 0.5) is 0 Å². The minimum absolute atomic E-state index is 0. The minimum Gasteiger partial charge on any atom is -0.493 e. The van der Waals surface area contributed by atoms with Crippen molar-refractivity contribution in [1.82, 2.24) is 15.5 Å². The van der Waals surface area contributed by atoms with Gasteiger partial charge in [0.1, 0.15) is 0 Å². The molecule has 2 N–H and O–H groups in total. The molecule has 160 valence electrons. The van der Waals surface area contributed by atoms with Crippen molar-refractivity contribution in [3.8, 4) is 11.5 Å². The molecule has 1 heterocycles. The summed E-state index contributed by atoms with van der Waals surface area (Å²) in [6, 6.07) is 5.96. The highest BCUT2D eigenvalue weighted by Gasteiger charge is 2.28. The monoisotopic (exact) mass is 506 g/mol. The predicted octanol–water partition coefficient (Wildman–Crippen LogP) is 2.49. The fourth-order valence-electron chi connectivity index (χ4n) is 3.09. The lowest BCUT2D eigenvalue weighted by atomic mass is 10.0. The molecule has 0 amide bonds. The predicted molar refractivity (Wildman–Crippen MR) is 124 cm³/mol. The van der Waals surface area contributed by atoms with Gasteiger partial charge in [0.05, 0.1) is 26.9 Å². The van der Waals surface area contributed by atoms with E-state index in [9.17, 15) is 0 Å². The van der Waals surface area contributed by atoms with Crippen LogP contribution in [-0.2, 0) is 11.3 Å². The molecule has 1 aliphatic rings. The van der Waals surface area contributed by atoms with Crippen LogP contribution in [0.3, 0.4) is 0 Å². The van der Waals surface area contributed by atoms with E-state index >= 15 is 0 Å². The summed E-state index contributed by atoms with van der Waals surface area (Å²) in [6.45, 7) is 12.1. The molecule has 1 aliphatic heterocycles. The third-order valence-electron chi connectivity index (χ3n) is 4.77. The first-order valence-electron chi connectivity index (χ1n) is 9.57. The summed E-state index contributed by atoms with van der Waals surface area (Å²) < 4.78 is 16.4. The van der Waals surface area contributed by atoms with Gasteiger partial charge in [-0.2, -0.15) is 0 Å². The van der Waals surface area contributed by atoms with E-state index in [4.69, 9.17) is 14.2 Å². The molecule has 0 unspecified atom stereocenters. The maximum absolute atomic E-state index is 5.65. The van der Waals surface area contributed by atoms with Crippen LogP contribution < -0.4 is 20.1 Å². The smallest absolute Gasteiger partial charge is 0.191 e. The number of morpholine rings is 1. The van der Waals surface area contributed by atoms with Crippen LogP contribution in [0.5, 0.6) is 11.5 Å². The number of ether oxygens (including phenoxy) is 3. The van der Waals surface area contributed by atoms with Gasteiger partial charge < -0.3 is 24.8 Å². The first-order valence-corrected chi connectivity index (χ1v) is 9.57. The van der Waals surface area contributed by atoms with Crippen LogP contribution >= 0.6 is 24.0 Å². The molecule has 8 heteroatoms. The molecule has 0 radical (unpaired) electrons. The van der Waals surface area contributed by atoms with Crippen LogP contribution in [-0.4, -0.2) is 70.0 Å². The van der Waals surface area contributed by atoms with E-state index in [0.717, 1.165) is 55.9 Å². The van der Waals surface area contributed by atoms with E-state index < -0.39 is 0 Å². The number of hydrogen-bond acceptors (Lipinski definition) is 5. The number of halogens is 1. The quantitative estimate of drug-likeness (QED) is 0.321. The molecule has 0 bridgehead atoms. The van der Waals surface area contributed by atoms with Crippen molar-refractivity contribution in [2.45, 2.75) is 32.9 Å². The van der Waals surface area contributed by atoms with Gasteiger partial charge in [-0.15, -0.1) is 24.0 Å². The zero-order valence-electron chi connectivity index (χ0n) is 17.7. The van der Waals surface area contributed by atoms with E-state index in [0.29, 0.717) is 13.2 Å². The molecule has 0 atom stereocenters. The summed E-state index contributed by atoms with van der Waals surface area (Å²) >= 11 is 0. The zero-order valence-corrected chi connectivity index (χ0v) is 20.0. The fourth-order valence-corrected chi connectivity index (χ4v) is 3.09. The fraction of sp³-hybridized carbons (Fsp3) is 0.650. The Kier molecular flexibility index (Phi) is 10.9. The summed E-state index contributed by atoms with van der Waals surface area (Å²) in [5, 5.41) is 6.81. The van der Waals surface area contributed by atoms with Crippen molar-refractivity contribution in [1.29, 1.82) is 0 Å². The first kappa shape index (κ1) is 24.8. The number of nitrogens with zero attached hydrogens (tertiary/aromatic N) is 2. The van der Waals surface area contributed by atoms with E-state index in [-0.39, 0.29) is 29.5 Å². The molecule has 0 spiro atoms. The second-order valence-electron chi connectivity index (χ2n) is 7.11. The molecule has 1 saturated heterocycles. The second kappa shape index (κ2) is 12.3. The summed E-state index contributed by atoms with van der Waals surface area (Å²) in [4.78, 5) is 6.79. The lowest BCUT2D eigenvalue weighted by molar-refractivity contribution is -0.00834. The van der Waals surface area contributed by atoms with Crippen molar-refractivity contribution in [3.05, 3.63) is 23.8 Å². The third kappa shape index (κ3) is 7.29. The van der Waals surface area contributed by atoms with Gasteiger partial charge in [-0.25, -0.2) is 0 Å². The maximum Gasteiger partial charge on any atom is 0.191 e. The molecule has 2 rings (SSSR count). The molecule has 28 heavy (non-hydrogen) atoms. The molecule has 1 aromatic rings. The Morgan fingerprint density at radius 3 is 2.54 bits per heavy atom. The molecule has 0 aromatic heterocycles. The van der Waals surface area contributed by atoms with Gasteiger partial charge in [-0.05, 0) is 38.5 Å². The van der Waals surface area contributed by atoms with E-state index in [1.165, 1.54) is 0 Å². The second-order valence-corrected chi connectivity index (χ2v) is 7.11. The Morgan fingerprint density at radius 2 is 1.93 bits per heavy atom. The molecular formula is C20H35IN4O3. The summed E-state index contributed by atoms with van der Waals surface area (Å²) in [7, 11) is 3.44. The number of nitrogens with one attached hydrogen (secondary N) is 2. The summed E-state index contributed by atoms with van der Waals surface area (Å²) in [6.07, 6.45) is 0. The highest BCUT2D eigenvalue weighted by atomic mass is 127. The van der Waals surface area contributed by atoms with Crippen LogP contribution in [0.2, 0.25) is 0 Å². The van der Waals surface area contributed by atoms with Gasteiger partial charge in [0.15, 0.2) is 17.5 Å². The largest absolute Gasteiger partial charge is 0.493 e. The van der Waals surface area contributed by atoms with E-state index in [1.807, 2.05) is 25.1 Å². The van der Waals surface area contributed by atoms with Gasteiger partial charge in [0, 0.05) is 38.8 Å². The Hall–Kier alpha value is -1.26. The third-order valence-corrected chi connectivity index (χ3v) is 4.77. The van der Waals surface area contributed by atoms with Crippen molar-refractivity contribution in [2.75, 3.05) is 53.6 Å². The highest BCUT2D eigenvalue weighted by molar-refractivity contribution is 14.0. The minimum atomic E-state index is 0. The number of benzene rings is 1. The average Bonchev–Trinajstić information content (AvgIpc) is 2.69. The van der Waals surface area contributed by atoms with Crippen LogP contribution in [0.1, 0.15) is 26.3 Å². The van der Waals surface area contributed by atoms with Crippen molar-refractivity contribution < 1.29 is 14.2 Å². The molecule has 1 aromatic carbocycles. The van der Waals surface area contributed by atoms with Gasteiger partial charge in [0.2, 0.25) is 0 Å². The number of methoxy groups -OCH3 is 1. The number of hydrogen-bond donors (Lipinski definition) is 2. The highest BCUT2D eigenvalue weighted by Crippen LogP contribution is 2.28. The van der Waals surface area contributed by atoms with Gasteiger partial charge in [-0.3, -0.25) is 9.89 Å². The normalized spacial score (nSPS) is 15.5. The number of aliphatic imine (C=N–C) groups is 1. The summed E-state index contributed by atoms with van der Waals surface area (Å²) in [5.41, 5.74) is 1.14. The van der Waals surface area contributed by atoms with Crippen molar-refractivity contribution in [2.24, 2.45) is 4.99 Å². The van der Waals surface area contributed by atoms with Crippen molar-refractivity contribution >= 4 is 29.9 Å². The molecule has 7 nitrogen and oxygen atoms in total. The Bertz CT molecular complexity index is 619.